The molecule has 16 heteroatoms. The quantitative estimate of drug-likeness (QED) is 0.149. The molecule has 2 saturated heterocycles. The first-order chi connectivity index (χ1) is 25.1. The van der Waals surface area contributed by atoms with Crippen LogP contribution in [0.5, 0.6) is 0 Å². The molecule has 2 aliphatic heterocycles. The molecule has 0 radical (unpaired) electrons. The van der Waals surface area contributed by atoms with Crippen molar-refractivity contribution >= 4 is 42.8 Å². The lowest BCUT2D eigenvalue weighted by Crippen LogP contribution is -2.62. The van der Waals surface area contributed by atoms with Gasteiger partial charge in [-0.15, -0.1) is 0 Å². The molecule has 6 rings (SSSR count). The van der Waals surface area contributed by atoms with E-state index < -0.39 is 64.4 Å². The zero-order chi connectivity index (χ0) is 38.1. The first-order valence-corrected chi connectivity index (χ1v) is 20.7. The summed E-state index contributed by atoms with van der Waals surface area (Å²) in [6, 6.07) is 7.03. The summed E-state index contributed by atoms with van der Waals surface area (Å²) < 4.78 is 76.7. The Morgan fingerprint density at radius 3 is 2.51 bits per heavy atom. The lowest BCUT2D eigenvalue weighted by molar-refractivity contribution is -0.181. The Morgan fingerprint density at radius 2 is 1.85 bits per heavy atom. The summed E-state index contributed by atoms with van der Waals surface area (Å²) in [6.07, 6.45) is -0.310. The minimum atomic E-state index is -4.16. The number of nitrogens with zero attached hydrogens (tertiary/aromatic N) is 2. The van der Waals surface area contributed by atoms with Gasteiger partial charge in [0.05, 0.1) is 46.4 Å². The van der Waals surface area contributed by atoms with E-state index in [-0.39, 0.29) is 47.9 Å². The van der Waals surface area contributed by atoms with E-state index in [4.69, 9.17) is 14.2 Å². The molecule has 0 bridgehead atoms. The highest BCUT2D eigenvalue weighted by Crippen LogP contribution is 2.42. The molecule has 1 saturated carbocycles. The van der Waals surface area contributed by atoms with Gasteiger partial charge in [-0.1, -0.05) is 46.0 Å². The zero-order valence-electron chi connectivity index (χ0n) is 30.8. The fraction of sp³-hybridized carbons (Fsp3) is 0.622. The number of hydrogen-bond acceptors (Lipinski definition) is 11. The molecule has 1 amide bonds. The Bertz CT molecular complexity index is 1840. The Labute approximate surface area is 314 Å². The van der Waals surface area contributed by atoms with Crippen LogP contribution in [-0.4, -0.2) is 97.4 Å². The smallest absolute Gasteiger partial charge is 0.407 e. The molecule has 12 nitrogen and oxygen atoms in total. The van der Waals surface area contributed by atoms with Gasteiger partial charge in [-0.05, 0) is 73.9 Å². The van der Waals surface area contributed by atoms with Crippen LogP contribution in [0.4, 0.5) is 18.7 Å². The van der Waals surface area contributed by atoms with Gasteiger partial charge >= 0.3 is 6.09 Å². The maximum absolute atomic E-state index is 14.3. The van der Waals surface area contributed by atoms with Crippen LogP contribution >= 0.6 is 11.3 Å². The van der Waals surface area contributed by atoms with Crippen LogP contribution in [-0.2, 0) is 30.7 Å². The van der Waals surface area contributed by atoms with Gasteiger partial charge < -0.3 is 35.3 Å². The van der Waals surface area contributed by atoms with Gasteiger partial charge in [0.25, 0.3) is 0 Å². The van der Waals surface area contributed by atoms with Crippen LogP contribution in [0.1, 0.15) is 65.9 Å². The third kappa shape index (κ3) is 9.46. The third-order valence-corrected chi connectivity index (χ3v) is 12.8. The standard InChI is InChI=1S/C37H51F2N5O7S2/c1-6-37(43-22(4)5)11-12-49-34-33(37)31(20-50-34)51-36(46)42-29(15-23-13-24(38)16-25(39)14-23)30(45)19-44(18-21(2)3)53(47,48)27-9-10-28-32(17-27)52-35(41-28)40-26-7-8-26/h9-10,13-14,16-17,21-22,26,29-31,33-34,43,45H,6-8,11-12,15,18-20H2,1-5H3,(H,40,41)(H,42,46)/t29-,30+,31+,33+,34-,37-/m0/s1. The highest BCUT2D eigenvalue weighted by Gasteiger charge is 2.55. The van der Waals surface area contributed by atoms with Crippen molar-refractivity contribution in [2.45, 2.75) is 114 Å². The number of hydrogen-bond donors (Lipinski definition) is 4. The summed E-state index contributed by atoms with van der Waals surface area (Å²) >= 11 is 1.38. The molecule has 3 aliphatic rings. The number of halogens is 2. The summed E-state index contributed by atoms with van der Waals surface area (Å²) in [4.78, 5) is 18.3. The highest BCUT2D eigenvalue weighted by molar-refractivity contribution is 7.89. The van der Waals surface area contributed by atoms with Gasteiger partial charge in [0.15, 0.2) is 11.4 Å². The lowest BCUT2D eigenvalue weighted by atomic mass is 9.74. The van der Waals surface area contributed by atoms with Crippen molar-refractivity contribution in [2.75, 3.05) is 31.6 Å². The summed E-state index contributed by atoms with van der Waals surface area (Å²) in [5.41, 5.74) is 0.416. The summed E-state index contributed by atoms with van der Waals surface area (Å²) in [6.45, 7) is 10.1. The van der Waals surface area contributed by atoms with E-state index in [9.17, 15) is 27.1 Å². The number of thiazole rings is 1. The average molecular weight is 780 g/mol. The Kier molecular flexibility index (Phi) is 12.3. The summed E-state index contributed by atoms with van der Waals surface area (Å²) in [5.74, 6) is -2.10. The molecule has 4 N–H and O–H groups in total. The molecule has 0 unspecified atom stereocenters. The number of rotatable bonds is 16. The van der Waals surface area contributed by atoms with Crippen LogP contribution in [0.25, 0.3) is 10.2 Å². The maximum atomic E-state index is 14.3. The zero-order valence-corrected chi connectivity index (χ0v) is 32.4. The van der Waals surface area contributed by atoms with E-state index in [0.29, 0.717) is 29.3 Å². The number of fused-ring (bicyclic) bond motifs is 2. The number of carbonyl (C=O) groups excluding carboxylic acids is 1. The van der Waals surface area contributed by atoms with Crippen molar-refractivity contribution in [3.8, 4) is 0 Å². The minimum Gasteiger partial charge on any atom is -0.443 e. The van der Waals surface area contributed by atoms with Crippen LogP contribution in [0.2, 0.25) is 0 Å². The second-order valence-corrected chi connectivity index (χ2v) is 18.2. The SMILES string of the molecule is CC[C@]1(NC(C)C)CCO[C@H]2OC[C@@H](OC(=O)N[C@@H](Cc3cc(F)cc(F)c3)[C@H](O)CN(CC(C)C)S(=O)(=O)c3ccc4nc(NC5CC5)sc4c3)[C@H]21. The van der Waals surface area contributed by atoms with Crippen LogP contribution in [0.3, 0.4) is 0 Å². The van der Waals surface area contributed by atoms with Crippen LogP contribution in [0.15, 0.2) is 41.3 Å². The Hall–Kier alpha value is -2.99. The molecule has 3 aromatic rings. The predicted octanol–water partition coefficient (Wildman–Crippen LogP) is 5.40. The topological polar surface area (TPSA) is 151 Å². The first-order valence-electron chi connectivity index (χ1n) is 18.4. The van der Waals surface area contributed by atoms with Crippen LogP contribution < -0.4 is 16.0 Å². The number of anilines is 1. The Balaban J connectivity index is 1.23. The van der Waals surface area contributed by atoms with E-state index in [1.54, 1.807) is 12.1 Å². The van der Waals surface area contributed by atoms with Gasteiger partial charge in [-0.25, -0.2) is 27.0 Å². The van der Waals surface area contributed by atoms with Crippen molar-refractivity contribution in [3.63, 3.8) is 0 Å². The van der Waals surface area contributed by atoms with Gasteiger partial charge in [-0.3, -0.25) is 0 Å². The van der Waals surface area contributed by atoms with Crippen LogP contribution in [0, 0.1) is 23.5 Å². The van der Waals surface area contributed by atoms with E-state index in [1.165, 1.54) is 21.7 Å². The molecule has 292 valence electrons. The molecule has 53 heavy (non-hydrogen) atoms. The minimum absolute atomic E-state index is 0.0375. The van der Waals surface area contributed by atoms with Gasteiger partial charge in [0, 0.05) is 36.8 Å². The molecule has 2 aromatic carbocycles. The first kappa shape index (κ1) is 39.7. The average Bonchev–Trinajstić information content (AvgIpc) is 3.65. The van der Waals surface area contributed by atoms with E-state index in [2.05, 4.69) is 27.9 Å². The van der Waals surface area contributed by atoms with E-state index >= 15 is 0 Å². The number of aliphatic hydroxyl groups is 1. The molecule has 3 fully saturated rings. The molecular weight excluding hydrogens is 729 g/mol. The lowest BCUT2D eigenvalue weighted by Gasteiger charge is -2.47. The van der Waals surface area contributed by atoms with Crippen molar-refractivity contribution in [1.29, 1.82) is 0 Å². The fourth-order valence-corrected chi connectivity index (χ4v) is 10.2. The van der Waals surface area contributed by atoms with E-state index in [1.807, 2.05) is 27.7 Å². The molecule has 6 atom stereocenters. The number of aromatic nitrogens is 1. The van der Waals surface area contributed by atoms with Crippen molar-refractivity contribution in [1.82, 2.24) is 19.9 Å². The predicted molar refractivity (Wildman–Crippen MR) is 198 cm³/mol. The number of sulfonamides is 1. The number of nitrogens with one attached hydrogen (secondary N) is 3. The number of ether oxygens (including phenoxy) is 3. The third-order valence-electron chi connectivity index (χ3n) is 10.1. The normalized spacial score (nSPS) is 24.5. The molecule has 1 aromatic heterocycles. The van der Waals surface area contributed by atoms with E-state index in [0.717, 1.165) is 42.6 Å². The van der Waals surface area contributed by atoms with Crippen molar-refractivity contribution < 1.29 is 41.3 Å². The summed E-state index contributed by atoms with van der Waals surface area (Å²) in [5, 5.41) is 22.2. The number of carbonyl (C=O) groups is 1. The molecule has 1 aliphatic carbocycles. The number of alkyl carbamates (subject to hydrolysis) is 1. The largest absolute Gasteiger partial charge is 0.443 e. The van der Waals surface area contributed by atoms with Crippen molar-refractivity contribution in [3.05, 3.63) is 53.6 Å². The molecule has 0 spiro atoms. The number of amides is 1. The van der Waals surface area contributed by atoms with Gasteiger partial charge in [0.2, 0.25) is 10.0 Å². The monoisotopic (exact) mass is 779 g/mol. The number of aliphatic hydroxyl groups excluding tert-OH is 1. The highest BCUT2D eigenvalue weighted by atomic mass is 32.2. The summed E-state index contributed by atoms with van der Waals surface area (Å²) in [7, 11) is -4.16. The number of benzene rings is 2. The fourth-order valence-electron chi connectivity index (χ4n) is 7.51. The second kappa shape index (κ2) is 16.4. The van der Waals surface area contributed by atoms with Gasteiger partial charge in [-0.2, -0.15) is 4.31 Å². The van der Waals surface area contributed by atoms with Crippen molar-refractivity contribution in [2.24, 2.45) is 11.8 Å². The maximum Gasteiger partial charge on any atom is 0.407 e. The second-order valence-electron chi connectivity index (χ2n) is 15.2. The van der Waals surface area contributed by atoms with Gasteiger partial charge in [0.1, 0.15) is 17.7 Å². The molecule has 3 heterocycles. The Morgan fingerprint density at radius 1 is 1.11 bits per heavy atom. The molecular formula is C37H51F2N5O7S2.